The number of amides is 1. The Hall–Kier alpha value is -3.00. The van der Waals surface area contributed by atoms with Crippen LogP contribution in [0.3, 0.4) is 0 Å². The molecule has 3 aromatic rings. The van der Waals surface area contributed by atoms with E-state index in [4.69, 9.17) is 11.6 Å². The van der Waals surface area contributed by atoms with Crippen LogP contribution >= 0.6 is 11.6 Å². The second-order valence-electron chi connectivity index (χ2n) is 7.55. The highest BCUT2D eigenvalue weighted by molar-refractivity contribution is 6.30. The molecular weight excluding hydrogens is 429 g/mol. The molecule has 0 saturated carbocycles. The van der Waals surface area contributed by atoms with Crippen molar-refractivity contribution in [3.05, 3.63) is 82.5 Å². The first kappa shape index (κ1) is 21.2. The number of halogens is 4. The number of alkyl halides is 3. The molecule has 1 aliphatic rings. The van der Waals surface area contributed by atoms with Crippen LogP contribution in [0.1, 0.15) is 40.1 Å². The first-order valence-electron chi connectivity index (χ1n) is 9.70. The first-order valence-corrected chi connectivity index (χ1v) is 10.1. The maximum absolute atomic E-state index is 13.8. The standard InChI is InChI=1S/C22H20ClF3N4O/c1-29(13-14-5-3-2-4-6-14)21(31)18-12-20-27-17(15-7-9-16(23)10-8-15)11-19(22(24,25)26)30(20)28-18/h2-10,12,17,19,27H,11,13H2,1H3/t17-,19+/m0/s1. The highest BCUT2D eigenvalue weighted by Gasteiger charge is 2.46. The third-order valence-electron chi connectivity index (χ3n) is 5.29. The molecule has 0 saturated heterocycles. The quantitative estimate of drug-likeness (QED) is 0.576. The lowest BCUT2D eigenvalue weighted by Crippen LogP contribution is -2.35. The molecule has 9 heteroatoms. The van der Waals surface area contributed by atoms with Gasteiger partial charge in [-0.1, -0.05) is 54.1 Å². The van der Waals surface area contributed by atoms with Gasteiger partial charge in [0.15, 0.2) is 11.7 Å². The lowest BCUT2D eigenvalue weighted by Gasteiger charge is -2.33. The summed E-state index contributed by atoms with van der Waals surface area (Å²) in [6.07, 6.45) is -4.75. The molecule has 1 aliphatic heterocycles. The van der Waals surface area contributed by atoms with Crippen LogP contribution in [-0.4, -0.2) is 33.8 Å². The van der Waals surface area contributed by atoms with Crippen LogP contribution in [0.4, 0.5) is 19.0 Å². The van der Waals surface area contributed by atoms with E-state index in [1.165, 1.54) is 11.0 Å². The van der Waals surface area contributed by atoms with Crippen molar-refractivity contribution in [3.63, 3.8) is 0 Å². The van der Waals surface area contributed by atoms with Gasteiger partial charge < -0.3 is 10.2 Å². The van der Waals surface area contributed by atoms with Crippen LogP contribution in [0.2, 0.25) is 5.02 Å². The van der Waals surface area contributed by atoms with Crippen LogP contribution in [0.5, 0.6) is 0 Å². The predicted octanol–water partition coefficient (Wildman–Crippen LogP) is 5.47. The van der Waals surface area contributed by atoms with Crippen molar-refractivity contribution in [2.75, 3.05) is 12.4 Å². The Labute approximate surface area is 182 Å². The Morgan fingerprint density at radius 3 is 2.52 bits per heavy atom. The molecule has 5 nitrogen and oxygen atoms in total. The topological polar surface area (TPSA) is 50.2 Å². The zero-order valence-electron chi connectivity index (χ0n) is 16.6. The lowest BCUT2D eigenvalue weighted by molar-refractivity contribution is -0.173. The fraction of sp³-hybridized carbons (Fsp3) is 0.273. The van der Waals surface area contributed by atoms with Gasteiger partial charge in [-0.05, 0) is 23.3 Å². The smallest absolute Gasteiger partial charge is 0.363 e. The van der Waals surface area contributed by atoms with Crippen LogP contribution in [0.15, 0.2) is 60.7 Å². The molecule has 0 spiro atoms. The number of anilines is 1. The van der Waals surface area contributed by atoms with Gasteiger partial charge >= 0.3 is 6.18 Å². The largest absolute Gasteiger partial charge is 0.410 e. The molecule has 2 heterocycles. The van der Waals surface area contributed by atoms with Crippen molar-refractivity contribution in [3.8, 4) is 0 Å². The van der Waals surface area contributed by atoms with E-state index in [0.717, 1.165) is 10.2 Å². The van der Waals surface area contributed by atoms with Crippen molar-refractivity contribution in [1.29, 1.82) is 0 Å². The van der Waals surface area contributed by atoms with Gasteiger partial charge in [0.1, 0.15) is 5.82 Å². The third kappa shape index (κ3) is 4.54. The van der Waals surface area contributed by atoms with E-state index in [-0.39, 0.29) is 17.9 Å². The maximum atomic E-state index is 13.8. The molecule has 0 unspecified atom stereocenters. The van der Waals surface area contributed by atoms with Crippen molar-refractivity contribution in [2.24, 2.45) is 0 Å². The minimum Gasteiger partial charge on any atom is -0.363 e. The second kappa shape index (κ2) is 8.26. The summed E-state index contributed by atoms with van der Waals surface area (Å²) >= 11 is 5.90. The average molecular weight is 449 g/mol. The van der Waals surface area contributed by atoms with Gasteiger partial charge in [-0.2, -0.15) is 18.3 Å². The van der Waals surface area contributed by atoms with Gasteiger partial charge in [-0.3, -0.25) is 4.79 Å². The van der Waals surface area contributed by atoms with Crippen LogP contribution in [-0.2, 0) is 6.54 Å². The molecule has 4 rings (SSSR count). The number of rotatable bonds is 4. The molecule has 1 amide bonds. The molecule has 31 heavy (non-hydrogen) atoms. The molecule has 2 atom stereocenters. The Morgan fingerprint density at radius 2 is 1.87 bits per heavy atom. The number of nitrogens with one attached hydrogen (secondary N) is 1. The number of carbonyl (C=O) groups excluding carboxylic acids is 1. The molecule has 0 radical (unpaired) electrons. The summed E-state index contributed by atoms with van der Waals surface area (Å²) < 4.78 is 42.3. The van der Waals surface area contributed by atoms with E-state index >= 15 is 0 Å². The Bertz CT molecular complexity index is 1070. The first-order chi connectivity index (χ1) is 14.7. The normalized spacial score (nSPS) is 18.2. The molecule has 0 fully saturated rings. The van der Waals surface area contributed by atoms with Crippen molar-refractivity contribution < 1.29 is 18.0 Å². The van der Waals surface area contributed by atoms with Gasteiger partial charge in [-0.15, -0.1) is 0 Å². The fourth-order valence-corrected chi connectivity index (χ4v) is 3.84. The summed E-state index contributed by atoms with van der Waals surface area (Å²) in [4.78, 5) is 14.3. The summed E-state index contributed by atoms with van der Waals surface area (Å²) in [5.74, 6) is -0.290. The van der Waals surface area contributed by atoms with Crippen LogP contribution < -0.4 is 5.32 Å². The van der Waals surface area contributed by atoms with Gasteiger partial charge in [-0.25, -0.2) is 4.68 Å². The number of nitrogens with zero attached hydrogens (tertiary/aromatic N) is 3. The van der Waals surface area contributed by atoms with Crippen LogP contribution in [0.25, 0.3) is 0 Å². The zero-order chi connectivity index (χ0) is 22.2. The number of benzene rings is 2. The number of fused-ring (bicyclic) bond motifs is 1. The number of carbonyl (C=O) groups is 1. The minimum absolute atomic E-state index is 0.0352. The number of aromatic nitrogens is 2. The Kier molecular flexibility index (Phi) is 5.66. The van der Waals surface area contributed by atoms with E-state index in [1.54, 1.807) is 31.3 Å². The van der Waals surface area contributed by atoms with E-state index in [1.807, 2.05) is 30.3 Å². The second-order valence-corrected chi connectivity index (χ2v) is 7.98. The summed E-state index contributed by atoms with van der Waals surface area (Å²) in [6, 6.07) is 15.0. The third-order valence-corrected chi connectivity index (χ3v) is 5.54. The summed E-state index contributed by atoms with van der Waals surface area (Å²) in [6.45, 7) is 0.325. The number of hydrogen-bond donors (Lipinski definition) is 1. The highest BCUT2D eigenvalue weighted by Crippen LogP contribution is 2.43. The predicted molar refractivity (Wildman–Crippen MR) is 112 cm³/mol. The molecule has 2 aromatic carbocycles. The maximum Gasteiger partial charge on any atom is 0.410 e. The van der Waals surface area contributed by atoms with Crippen molar-refractivity contribution >= 4 is 23.3 Å². The van der Waals surface area contributed by atoms with Gasteiger partial charge in [0.2, 0.25) is 0 Å². The summed E-state index contributed by atoms with van der Waals surface area (Å²) in [5, 5.41) is 7.62. The molecule has 162 valence electrons. The highest BCUT2D eigenvalue weighted by atomic mass is 35.5. The van der Waals surface area contributed by atoms with Crippen molar-refractivity contribution in [1.82, 2.24) is 14.7 Å². The SMILES string of the molecule is CN(Cc1ccccc1)C(=O)c1cc2n(n1)[C@@H](C(F)(F)F)C[C@@H](c1ccc(Cl)cc1)N2. The average Bonchev–Trinajstić information content (AvgIpc) is 3.17. The molecular formula is C22H20ClF3N4O. The monoisotopic (exact) mass is 448 g/mol. The molecule has 1 aromatic heterocycles. The van der Waals surface area contributed by atoms with Gasteiger partial charge in [0.25, 0.3) is 5.91 Å². The van der Waals surface area contributed by atoms with Crippen LogP contribution in [0, 0.1) is 0 Å². The molecule has 0 bridgehead atoms. The Balaban J connectivity index is 1.61. The summed E-state index contributed by atoms with van der Waals surface area (Å²) in [5.41, 5.74) is 1.56. The number of hydrogen-bond acceptors (Lipinski definition) is 3. The van der Waals surface area contributed by atoms with Crippen molar-refractivity contribution in [2.45, 2.75) is 31.2 Å². The molecule has 1 N–H and O–H groups in total. The van der Waals surface area contributed by atoms with E-state index in [0.29, 0.717) is 17.1 Å². The van der Waals surface area contributed by atoms with Gasteiger partial charge in [0.05, 0.1) is 6.04 Å². The summed E-state index contributed by atoms with van der Waals surface area (Å²) in [7, 11) is 1.60. The zero-order valence-corrected chi connectivity index (χ0v) is 17.4. The van der Waals surface area contributed by atoms with E-state index in [2.05, 4.69) is 10.4 Å². The van der Waals surface area contributed by atoms with E-state index < -0.39 is 24.2 Å². The Morgan fingerprint density at radius 1 is 1.19 bits per heavy atom. The lowest BCUT2D eigenvalue weighted by atomic mass is 9.97. The minimum atomic E-state index is -4.51. The van der Waals surface area contributed by atoms with E-state index in [9.17, 15) is 18.0 Å². The van der Waals surface area contributed by atoms with Gasteiger partial charge in [0, 0.05) is 31.1 Å². The molecule has 0 aliphatic carbocycles. The fourth-order valence-electron chi connectivity index (χ4n) is 3.72.